The van der Waals surface area contributed by atoms with E-state index in [4.69, 9.17) is 9.47 Å². The number of carbonyl (C=O) groups excluding carboxylic acids is 2. The number of benzene rings is 2. The van der Waals surface area contributed by atoms with Crippen LogP contribution < -0.4 is 14.4 Å². The summed E-state index contributed by atoms with van der Waals surface area (Å²) < 4.78 is 24.0. The molecule has 2 aliphatic rings. The SMILES string of the molecule is COc1ccc(CCC2CCN([C@@H]3CC(=O)N(c4ccc(F)cc4)C3=O)CC2)c(OC)c1. The number of halogens is 1. The lowest BCUT2D eigenvalue weighted by Crippen LogP contribution is -2.46. The molecular formula is C25H29FN2O4. The van der Waals surface area contributed by atoms with Gasteiger partial charge in [-0.05, 0) is 80.6 Å². The number of likely N-dealkylation sites (tertiary alicyclic amines) is 1. The fourth-order valence-electron chi connectivity index (χ4n) is 4.73. The zero-order valence-electron chi connectivity index (χ0n) is 18.6. The van der Waals surface area contributed by atoms with E-state index in [1.165, 1.54) is 34.7 Å². The van der Waals surface area contributed by atoms with E-state index < -0.39 is 11.9 Å². The van der Waals surface area contributed by atoms with Crippen LogP contribution in [0.2, 0.25) is 0 Å². The highest BCUT2D eigenvalue weighted by molar-refractivity contribution is 6.22. The standard InChI is InChI=1S/C25H29FN2O4/c1-31-21-10-5-18(23(15-21)32-2)4-3-17-11-13-27(14-12-17)22-16-24(29)28(25(22)30)20-8-6-19(26)7-9-20/h5-10,15,17,22H,3-4,11-14,16H2,1-2H3/t22-/m1/s1. The minimum Gasteiger partial charge on any atom is -0.497 e. The molecule has 2 saturated heterocycles. The zero-order valence-corrected chi connectivity index (χ0v) is 18.6. The molecular weight excluding hydrogens is 411 g/mol. The van der Waals surface area contributed by atoms with Crippen LogP contribution >= 0.6 is 0 Å². The lowest BCUT2D eigenvalue weighted by atomic mass is 9.89. The maximum Gasteiger partial charge on any atom is 0.251 e. The molecule has 0 spiro atoms. The molecule has 0 aromatic heterocycles. The van der Waals surface area contributed by atoms with Crippen molar-refractivity contribution in [2.45, 2.75) is 38.1 Å². The Bertz CT molecular complexity index is 970. The Labute approximate surface area is 187 Å². The molecule has 1 atom stereocenters. The molecule has 0 saturated carbocycles. The molecule has 2 heterocycles. The van der Waals surface area contributed by atoms with Gasteiger partial charge in [0.05, 0.1) is 32.4 Å². The number of aryl methyl sites for hydroxylation is 1. The van der Waals surface area contributed by atoms with Crippen LogP contribution in [0.5, 0.6) is 11.5 Å². The van der Waals surface area contributed by atoms with E-state index in [0.29, 0.717) is 11.6 Å². The molecule has 7 heteroatoms. The minimum atomic E-state index is -0.421. The maximum atomic E-state index is 13.2. The first-order chi connectivity index (χ1) is 15.5. The summed E-state index contributed by atoms with van der Waals surface area (Å²) >= 11 is 0. The number of piperidine rings is 1. The van der Waals surface area contributed by atoms with Crippen LogP contribution in [-0.4, -0.2) is 50.1 Å². The number of anilines is 1. The summed E-state index contributed by atoms with van der Waals surface area (Å²) in [5.74, 6) is 1.38. The summed E-state index contributed by atoms with van der Waals surface area (Å²) in [6.07, 6.45) is 4.15. The van der Waals surface area contributed by atoms with Gasteiger partial charge in [-0.2, -0.15) is 0 Å². The Hall–Kier alpha value is -2.93. The fourth-order valence-corrected chi connectivity index (χ4v) is 4.73. The highest BCUT2D eigenvalue weighted by Gasteiger charge is 2.43. The number of ether oxygens (including phenoxy) is 2. The van der Waals surface area contributed by atoms with Crippen molar-refractivity contribution in [3.05, 3.63) is 53.8 Å². The minimum absolute atomic E-state index is 0.184. The van der Waals surface area contributed by atoms with Crippen molar-refractivity contribution in [2.24, 2.45) is 5.92 Å². The van der Waals surface area contributed by atoms with Crippen molar-refractivity contribution < 1.29 is 23.5 Å². The fraction of sp³-hybridized carbons (Fsp3) is 0.440. The molecule has 0 radical (unpaired) electrons. The Kier molecular flexibility index (Phi) is 6.74. The second-order valence-corrected chi connectivity index (χ2v) is 8.46. The third-order valence-corrected chi connectivity index (χ3v) is 6.61. The lowest BCUT2D eigenvalue weighted by molar-refractivity contribution is -0.123. The summed E-state index contributed by atoms with van der Waals surface area (Å²) in [5.41, 5.74) is 1.61. The average Bonchev–Trinajstić information content (AvgIpc) is 3.12. The molecule has 32 heavy (non-hydrogen) atoms. The van der Waals surface area contributed by atoms with E-state index in [0.717, 1.165) is 50.3 Å². The first-order valence-electron chi connectivity index (χ1n) is 11.1. The Morgan fingerprint density at radius 2 is 1.72 bits per heavy atom. The van der Waals surface area contributed by atoms with Crippen LogP contribution in [-0.2, 0) is 16.0 Å². The maximum absolute atomic E-state index is 13.2. The zero-order chi connectivity index (χ0) is 22.7. The van der Waals surface area contributed by atoms with Gasteiger partial charge in [0.25, 0.3) is 5.91 Å². The summed E-state index contributed by atoms with van der Waals surface area (Å²) in [7, 11) is 3.32. The quantitative estimate of drug-likeness (QED) is 0.613. The van der Waals surface area contributed by atoms with E-state index in [9.17, 15) is 14.0 Å². The molecule has 170 valence electrons. The van der Waals surface area contributed by atoms with Crippen LogP contribution in [0.3, 0.4) is 0 Å². The number of nitrogens with zero attached hydrogens (tertiary/aromatic N) is 2. The van der Waals surface area contributed by atoms with E-state index in [-0.39, 0.29) is 18.2 Å². The average molecular weight is 441 g/mol. The molecule has 4 rings (SSSR count). The Morgan fingerprint density at radius 3 is 2.38 bits per heavy atom. The number of amides is 2. The molecule has 6 nitrogen and oxygen atoms in total. The molecule has 2 aromatic carbocycles. The van der Waals surface area contributed by atoms with E-state index in [1.54, 1.807) is 14.2 Å². The third-order valence-electron chi connectivity index (χ3n) is 6.61. The van der Waals surface area contributed by atoms with Gasteiger partial charge < -0.3 is 9.47 Å². The number of hydrogen-bond donors (Lipinski definition) is 0. The number of hydrogen-bond acceptors (Lipinski definition) is 5. The van der Waals surface area contributed by atoms with Crippen LogP contribution in [0.1, 0.15) is 31.2 Å². The van der Waals surface area contributed by atoms with Gasteiger partial charge >= 0.3 is 0 Å². The van der Waals surface area contributed by atoms with Gasteiger partial charge in [0.15, 0.2) is 0 Å². The predicted molar refractivity (Wildman–Crippen MR) is 119 cm³/mol. The number of rotatable bonds is 7. The van der Waals surface area contributed by atoms with E-state index in [2.05, 4.69) is 11.0 Å². The summed E-state index contributed by atoms with van der Waals surface area (Å²) in [5, 5.41) is 0. The first kappa shape index (κ1) is 22.3. The molecule has 0 bridgehead atoms. The molecule has 2 aliphatic heterocycles. The third kappa shape index (κ3) is 4.63. The summed E-state index contributed by atoms with van der Waals surface area (Å²) in [6, 6.07) is 11.0. The first-order valence-corrected chi connectivity index (χ1v) is 11.1. The van der Waals surface area contributed by atoms with Gasteiger partial charge in [-0.25, -0.2) is 9.29 Å². The second-order valence-electron chi connectivity index (χ2n) is 8.46. The second kappa shape index (κ2) is 9.69. The highest BCUT2D eigenvalue weighted by Crippen LogP contribution is 2.32. The van der Waals surface area contributed by atoms with Gasteiger partial charge in [-0.1, -0.05) is 6.07 Å². The Balaban J connectivity index is 1.32. The number of imide groups is 1. The van der Waals surface area contributed by atoms with Crippen LogP contribution in [0.25, 0.3) is 0 Å². The Morgan fingerprint density at radius 1 is 1.00 bits per heavy atom. The van der Waals surface area contributed by atoms with Crippen LogP contribution in [0.15, 0.2) is 42.5 Å². The molecule has 2 aromatic rings. The van der Waals surface area contributed by atoms with Crippen molar-refractivity contribution in [1.29, 1.82) is 0 Å². The van der Waals surface area contributed by atoms with E-state index >= 15 is 0 Å². The molecule has 2 amide bonds. The number of methoxy groups -OCH3 is 2. The number of carbonyl (C=O) groups is 2. The van der Waals surface area contributed by atoms with Gasteiger partial charge in [0.1, 0.15) is 17.3 Å². The summed E-state index contributed by atoms with van der Waals surface area (Å²) in [6.45, 7) is 1.59. The van der Waals surface area contributed by atoms with Crippen molar-refractivity contribution in [1.82, 2.24) is 4.90 Å². The van der Waals surface area contributed by atoms with Crippen molar-refractivity contribution in [2.75, 3.05) is 32.2 Å². The van der Waals surface area contributed by atoms with Crippen molar-refractivity contribution in [3.8, 4) is 11.5 Å². The van der Waals surface area contributed by atoms with Crippen LogP contribution in [0.4, 0.5) is 10.1 Å². The predicted octanol–water partition coefficient (Wildman–Crippen LogP) is 3.82. The molecule has 0 N–H and O–H groups in total. The topological polar surface area (TPSA) is 59.1 Å². The summed E-state index contributed by atoms with van der Waals surface area (Å²) in [4.78, 5) is 28.8. The highest BCUT2D eigenvalue weighted by atomic mass is 19.1. The van der Waals surface area contributed by atoms with Crippen LogP contribution in [0, 0.1) is 11.7 Å². The normalized spacial score (nSPS) is 20.1. The monoisotopic (exact) mass is 440 g/mol. The molecule has 0 aliphatic carbocycles. The largest absolute Gasteiger partial charge is 0.497 e. The van der Waals surface area contributed by atoms with Gasteiger partial charge in [0.2, 0.25) is 5.91 Å². The van der Waals surface area contributed by atoms with Crippen molar-refractivity contribution >= 4 is 17.5 Å². The van der Waals surface area contributed by atoms with E-state index in [1.807, 2.05) is 12.1 Å². The van der Waals surface area contributed by atoms with Crippen molar-refractivity contribution in [3.63, 3.8) is 0 Å². The van der Waals surface area contributed by atoms with Gasteiger partial charge in [-0.3, -0.25) is 14.5 Å². The molecule has 0 unspecified atom stereocenters. The molecule has 2 fully saturated rings. The lowest BCUT2D eigenvalue weighted by Gasteiger charge is -2.34. The smallest absolute Gasteiger partial charge is 0.251 e. The van der Waals surface area contributed by atoms with Gasteiger partial charge in [0, 0.05) is 6.07 Å². The van der Waals surface area contributed by atoms with Gasteiger partial charge in [-0.15, -0.1) is 0 Å².